The lowest BCUT2D eigenvalue weighted by atomic mass is 9.96. The Labute approximate surface area is 139 Å². The van der Waals surface area contributed by atoms with Crippen molar-refractivity contribution >= 4 is 5.91 Å². The predicted octanol–water partition coefficient (Wildman–Crippen LogP) is 2.28. The number of aryl methyl sites for hydroxylation is 2. The maximum atomic E-state index is 12.5. The lowest BCUT2D eigenvalue weighted by Gasteiger charge is -2.17. The van der Waals surface area contributed by atoms with E-state index in [9.17, 15) is 4.79 Å². The minimum absolute atomic E-state index is 0.0568. The fourth-order valence-electron chi connectivity index (χ4n) is 3.57. The zero-order valence-electron chi connectivity index (χ0n) is 14.5. The molecule has 2 atom stereocenters. The van der Waals surface area contributed by atoms with E-state index in [0.29, 0.717) is 18.6 Å². The number of carbonyl (C=O) groups excluding carboxylic acids is 1. The van der Waals surface area contributed by atoms with Crippen LogP contribution in [0.1, 0.15) is 29.5 Å². The van der Waals surface area contributed by atoms with Crippen molar-refractivity contribution in [3.8, 4) is 0 Å². The highest BCUT2D eigenvalue weighted by molar-refractivity contribution is 5.80. The van der Waals surface area contributed by atoms with Crippen LogP contribution >= 0.6 is 0 Å². The number of likely N-dealkylation sites (tertiary alicyclic amines) is 1. The molecule has 2 fully saturated rings. The number of methoxy groups -OCH3 is 1. The highest BCUT2D eigenvalue weighted by atomic mass is 16.5. The molecule has 23 heavy (non-hydrogen) atoms. The lowest BCUT2D eigenvalue weighted by molar-refractivity contribution is -0.126. The molecule has 2 aliphatic rings. The number of hydrogen-bond donors (Lipinski definition) is 1. The van der Waals surface area contributed by atoms with Crippen LogP contribution in [0.2, 0.25) is 0 Å². The first kappa shape index (κ1) is 16.5. The van der Waals surface area contributed by atoms with Crippen molar-refractivity contribution in [2.75, 3.05) is 26.8 Å². The second-order valence-electron chi connectivity index (χ2n) is 7.23. The largest absolute Gasteiger partial charge is 0.384 e. The van der Waals surface area contributed by atoms with Crippen LogP contribution in [-0.2, 0) is 16.1 Å². The highest BCUT2D eigenvalue weighted by Gasteiger charge is 2.39. The van der Waals surface area contributed by atoms with E-state index in [1.807, 2.05) is 0 Å². The Kier molecular flexibility index (Phi) is 5.02. The van der Waals surface area contributed by atoms with Gasteiger partial charge in [-0.25, -0.2) is 0 Å². The van der Waals surface area contributed by atoms with Gasteiger partial charge >= 0.3 is 0 Å². The molecule has 3 rings (SSSR count). The summed E-state index contributed by atoms with van der Waals surface area (Å²) in [6.45, 7) is 7.64. The Morgan fingerprint density at radius 1 is 1.30 bits per heavy atom. The average molecular weight is 316 g/mol. The van der Waals surface area contributed by atoms with Crippen LogP contribution in [-0.4, -0.2) is 43.7 Å². The number of nitrogens with zero attached hydrogens (tertiary/aromatic N) is 1. The van der Waals surface area contributed by atoms with E-state index in [0.717, 1.165) is 32.5 Å². The van der Waals surface area contributed by atoms with Crippen LogP contribution in [0.4, 0.5) is 0 Å². The molecule has 1 aromatic rings. The van der Waals surface area contributed by atoms with Crippen molar-refractivity contribution in [3.63, 3.8) is 0 Å². The summed E-state index contributed by atoms with van der Waals surface area (Å²) < 4.78 is 5.36. The molecular weight excluding hydrogens is 288 g/mol. The summed E-state index contributed by atoms with van der Waals surface area (Å²) in [5.41, 5.74) is 3.99. The second-order valence-corrected chi connectivity index (χ2v) is 7.23. The van der Waals surface area contributed by atoms with Crippen molar-refractivity contribution in [1.29, 1.82) is 0 Å². The Morgan fingerprint density at radius 2 is 2.09 bits per heavy atom. The SMILES string of the molecule is COC[C@@H]1CN(Cc2ccc(C)cc2C)C[C@H]1C(=O)NC1CC1. The number of hydrogen-bond acceptors (Lipinski definition) is 3. The summed E-state index contributed by atoms with van der Waals surface area (Å²) in [6, 6.07) is 7.05. The van der Waals surface area contributed by atoms with Gasteiger partial charge in [0.1, 0.15) is 0 Å². The van der Waals surface area contributed by atoms with Gasteiger partial charge < -0.3 is 10.1 Å². The number of ether oxygens (including phenoxy) is 1. The van der Waals surface area contributed by atoms with Crippen molar-refractivity contribution < 1.29 is 9.53 Å². The predicted molar refractivity (Wildman–Crippen MR) is 91.2 cm³/mol. The van der Waals surface area contributed by atoms with Crippen LogP contribution in [0.5, 0.6) is 0 Å². The summed E-state index contributed by atoms with van der Waals surface area (Å²) in [6.07, 6.45) is 2.28. The molecule has 1 saturated heterocycles. The first-order chi connectivity index (χ1) is 11.1. The van der Waals surface area contributed by atoms with Crippen LogP contribution in [0.3, 0.4) is 0 Å². The third-order valence-electron chi connectivity index (χ3n) is 5.05. The van der Waals surface area contributed by atoms with E-state index in [1.165, 1.54) is 16.7 Å². The molecule has 0 radical (unpaired) electrons. The molecule has 1 heterocycles. The maximum absolute atomic E-state index is 12.5. The van der Waals surface area contributed by atoms with Gasteiger partial charge in [-0.15, -0.1) is 0 Å². The van der Waals surface area contributed by atoms with Gasteiger partial charge in [0.05, 0.1) is 12.5 Å². The van der Waals surface area contributed by atoms with E-state index in [-0.39, 0.29) is 11.8 Å². The van der Waals surface area contributed by atoms with Crippen molar-refractivity contribution in [2.24, 2.45) is 11.8 Å². The number of amides is 1. The fraction of sp³-hybridized carbons (Fsp3) is 0.632. The van der Waals surface area contributed by atoms with Crippen molar-refractivity contribution in [3.05, 3.63) is 34.9 Å². The Hall–Kier alpha value is -1.39. The first-order valence-corrected chi connectivity index (χ1v) is 8.64. The molecule has 0 aromatic heterocycles. The second kappa shape index (κ2) is 7.02. The standard InChI is InChI=1S/C19H28N2O2/c1-13-4-5-15(14(2)8-13)9-21-10-16(12-23-3)18(11-21)19(22)20-17-6-7-17/h4-5,8,16-18H,6-7,9-12H2,1-3H3,(H,20,22)/t16-,18+/m0/s1. The smallest absolute Gasteiger partial charge is 0.225 e. The summed E-state index contributed by atoms with van der Waals surface area (Å²) in [4.78, 5) is 14.9. The van der Waals surface area contributed by atoms with E-state index < -0.39 is 0 Å². The third-order valence-corrected chi connectivity index (χ3v) is 5.05. The van der Waals surface area contributed by atoms with E-state index in [1.54, 1.807) is 7.11 Å². The molecule has 0 spiro atoms. The molecule has 1 N–H and O–H groups in total. The minimum Gasteiger partial charge on any atom is -0.384 e. The third kappa shape index (κ3) is 4.12. The summed E-state index contributed by atoms with van der Waals surface area (Å²) >= 11 is 0. The number of rotatable bonds is 6. The van der Waals surface area contributed by atoms with Gasteiger partial charge in [-0.2, -0.15) is 0 Å². The van der Waals surface area contributed by atoms with Gasteiger partial charge in [0.15, 0.2) is 0 Å². The number of carbonyl (C=O) groups is 1. The lowest BCUT2D eigenvalue weighted by Crippen LogP contribution is -2.37. The fourth-order valence-corrected chi connectivity index (χ4v) is 3.57. The molecule has 1 aromatic carbocycles. The zero-order chi connectivity index (χ0) is 16.4. The quantitative estimate of drug-likeness (QED) is 0.875. The van der Waals surface area contributed by atoms with Crippen LogP contribution in [0.25, 0.3) is 0 Å². The summed E-state index contributed by atoms with van der Waals surface area (Å²) in [5.74, 6) is 0.573. The molecule has 126 valence electrons. The monoisotopic (exact) mass is 316 g/mol. The van der Waals surface area contributed by atoms with Crippen molar-refractivity contribution in [1.82, 2.24) is 10.2 Å². The first-order valence-electron chi connectivity index (χ1n) is 8.64. The molecule has 4 nitrogen and oxygen atoms in total. The van der Waals surface area contributed by atoms with Gasteiger partial charge in [0, 0.05) is 38.7 Å². The molecule has 1 saturated carbocycles. The molecule has 4 heteroatoms. The van der Waals surface area contributed by atoms with Gasteiger partial charge in [0.25, 0.3) is 0 Å². The van der Waals surface area contributed by atoms with E-state index in [2.05, 4.69) is 42.3 Å². The minimum atomic E-state index is 0.0568. The molecule has 1 amide bonds. The maximum Gasteiger partial charge on any atom is 0.225 e. The van der Waals surface area contributed by atoms with Crippen LogP contribution in [0.15, 0.2) is 18.2 Å². The highest BCUT2D eigenvalue weighted by Crippen LogP contribution is 2.28. The molecule has 1 aliphatic heterocycles. The average Bonchev–Trinajstić information content (AvgIpc) is 3.22. The van der Waals surface area contributed by atoms with Crippen LogP contribution < -0.4 is 5.32 Å². The molecular formula is C19H28N2O2. The van der Waals surface area contributed by atoms with E-state index in [4.69, 9.17) is 4.74 Å². The Morgan fingerprint density at radius 3 is 2.74 bits per heavy atom. The zero-order valence-corrected chi connectivity index (χ0v) is 14.5. The normalized spacial score (nSPS) is 24.8. The van der Waals surface area contributed by atoms with Gasteiger partial charge in [-0.3, -0.25) is 9.69 Å². The molecule has 0 unspecified atom stereocenters. The van der Waals surface area contributed by atoms with E-state index >= 15 is 0 Å². The Bertz CT molecular complexity index is 568. The van der Waals surface area contributed by atoms with Crippen molar-refractivity contribution in [2.45, 2.75) is 39.3 Å². The number of benzene rings is 1. The van der Waals surface area contributed by atoms with Crippen LogP contribution in [0, 0.1) is 25.7 Å². The summed E-state index contributed by atoms with van der Waals surface area (Å²) in [5, 5.41) is 3.17. The number of nitrogens with one attached hydrogen (secondary N) is 1. The van der Waals surface area contributed by atoms with Gasteiger partial charge in [-0.05, 0) is 37.8 Å². The molecule has 1 aliphatic carbocycles. The summed E-state index contributed by atoms with van der Waals surface area (Å²) in [7, 11) is 1.72. The van der Waals surface area contributed by atoms with Gasteiger partial charge in [0.2, 0.25) is 5.91 Å². The molecule has 0 bridgehead atoms. The topological polar surface area (TPSA) is 41.6 Å². The van der Waals surface area contributed by atoms with Gasteiger partial charge in [-0.1, -0.05) is 23.8 Å². The Balaban J connectivity index is 1.65.